The molecule has 146 valence electrons. The highest BCUT2D eigenvalue weighted by Crippen LogP contribution is 2.31. The van der Waals surface area contributed by atoms with Gasteiger partial charge < -0.3 is 19.5 Å². The van der Waals surface area contributed by atoms with Crippen molar-refractivity contribution in [2.75, 3.05) is 14.2 Å². The van der Waals surface area contributed by atoms with Crippen LogP contribution in [0.4, 0.5) is 0 Å². The predicted octanol–water partition coefficient (Wildman–Crippen LogP) is 4.78. The van der Waals surface area contributed by atoms with Gasteiger partial charge in [0.25, 0.3) is 5.91 Å². The van der Waals surface area contributed by atoms with E-state index in [1.807, 2.05) is 44.2 Å². The number of nitrogens with one attached hydrogen (secondary N) is 1. The van der Waals surface area contributed by atoms with Crippen molar-refractivity contribution in [3.63, 3.8) is 0 Å². The Bertz CT molecular complexity index is 766. The van der Waals surface area contributed by atoms with Crippen LogP contribution in [0, 0.1) is 0 Å². The molecule has 6 heteroatoms. The number of halogens is 1. The summed E-state index contributed by atoms with van der Waals surface area (Å²) in [5.41, 5.74) is 0.941. The second kappa shape index (κ2) is 10.1. The normalized spacial score (nSPS) is 12.8. The molecule has 2 aromatic rings. The Hall–Kier alpha value is -2.40. The third kappa shape index (κ3) is 5.30. The molecule has 5 nitrogen and oxygen atoms in total. The van der Waals surface area contributed by atoms with Crippen molar-refractivity contribution in [3.05, 3.63) is 53.1 Å². The van der Waals surface area contributed by atoms with Crippen LogP contribution in [0.25, 0.3) is 0 Å². The molecule has 2 rings (SSSR count). The first-order valence-electron chi connectivity index (χ1n) is 8.97. The minimum absolute atomic E-state index is 0.166. The third-order valence-electron chi connectivity index (χ3n) is 4.30. The number of amides is 1. The summed E-state index contributed by atoms with van der Waals surface area (Å²) in [6.07, 6.45) is 0.627. The van der Waals surface area contributed by atoms with E-state index in [4.69, 9.17) is 25.8 Å². The number of hydrogen-bond acceptors (Lipinski definition) is 4. The van der Waals surface area contributed by atoms with Gasteiger partial charge in [0.05, 0.1) is 25.3 Å². The fourth-order valence-corrected chi connectivity index (χ4v) is 2.95. The first-order valence-corrected chi connectivity index (χ1v) is 9.35. The Kier molecular flexibility index (Phi) is 7.80. The van der Waals surface area contributed by atoms with Crippen LogP contribution in [0.5, 0.6) is 17.2 Å². The van der Waals surface area contributed by atoms with E-state index in [1.165, 1.54) is 0 Å². The van der Waals surface area contributed by atoms with Gasteiger partial charge in [0, 0.05) is 0 Å². The molecule has 0 radical (unpaired) electrons. The molecule has 0 saturated carbocycles. The summed E-state index contributed by atoms with van der Waals surface area (Å²) < 4.78 is 16.5. The Balaban J connectivity index is 2.14. The SMILES string of the molecule is CC[C@H](Oc1ccccc1Cl)C(=O)N[C@@H](CC)c1ccc(OC)c(OC)c1. The number of carbonyl (C=O) groups is 1. The fraction of sp³-hybridized carbons (Fsp3) is 0.381. The number of para-hydroxylation sites is 1. The standard InChI is InChI=1S/C21H26ClNO4/c1-5-16(14-11-12-19(25-3)20(13-14)26-4)23-21(24)17(6-2)27-18-10-8-7-9-15(18)22/h7-13,16-17H,5-6H2,1-4H3,(H,23,24)/t16-,17-/m0/s1. The van der Waals surface area contributed by atoms with Gasteiger partial charge in [0.1, 0.15) is 5.75 Å². The highest BCUT2D eigenvalue weighted by atomic mass is 35.5. The van der Waals surface area contributed by atoms with Crippen LogP contribution in [-0.2, 0) is 4.79 Å². The molecule has 0 heterocycles. The molecule has 0 fully saturated rings. The van der Waals surface area contributed by atoms with Gasteiger partial charge in [0.15, 0.2) is 17.6 Å². The van der Waals surface area contributed by atoms with E-state index >= 15 is 0 Å². The second-order valence-corrected chi connectivity index (χ2v) is 6.44. The molecular formula is C21H26ClNO4. The summed E-state index contributed by atoms with van der Waals surface area (Å²) >= 11 is 6.14. The van der Waals surface area contributed by atoms with Crippen molar-refractivity contribution >= 4 is 17.5 Å². The molecule has 2 aromatic carbocycles. The molecule has 0 saturated heterocycles. The first kappa shape index (κ1) is 20.9. The maximum absolute atomic E-state index is 12.8. The number of methoxy groups -OCH3 is 2. The van der Waals surface area contributed by atoms with E-state index in [1.54, 1.807) is 26.4 Å². The van der Waals surface area contributed by atoms with Gasteiger partial charge in [-0.05, 0) is 42.7 Å². The lowest BCUT2D eigenvalue weighted by Crippen LogP contribution is -2.40. The third-order valence-corrected chi connectivity index (χ3v) is 4.62. The fourth-order valence-electron chi connectivity index (χ4n) is 2.77. The van der Waals surface area contributed by atoms with Gasteiger partial charge in [-0.15, -0.1) is 0 Å². The second-order valence-electron chi connectivity index (χ2n) is 6.03. The van der Waals surface area contributed by atoms with E-state index in [2.05, 4.69) is 5.32 Å². The maximum atomic E-state index is 12.8. The molecule has 1 amide bonds. The van der Waals surface area contributed by atoms with Crippen LogP contribution in [0.3, 0.4) is 0 Å². The van der Waals surface area contributed by atoms with E-state index in [0.29, 0.717) is 28.7 Å². The van der Waals surface area contributed by atoms with E-state index in [9.17, 15) is 4.79 Å². The lowest BCUT2D eigenvalue weighted by molar-refractivity contribution is -0.128. The molecule has 0 bridgehead atoms. The number of benzene rings is 2. The lowest BCUT2D eigenvalue weighted by atomic mass is 10.0. The average Bonchev–Trinajstić information content (AvgIpc) is 2.70. The molecule has 27 heavy (non-hydrogen) atoms. The van der Waals surface area contributed by atoms with Crippen molar-refractivity contribution in [2.45, 2.75) is 38.8 Å². The zero-order valence-electron chi connectivity index (χ0n) is 16.1. The monoisotopic (exact) mass is 391 g/mol. The summed E-state index contributed by atoms with van der Waals surface area (Å²) in [7, 11) is 3.18. The van der Waals surface area contributed by atoms with Crippen LogP contribution < -0.4 is 19.5 Å². The van der Waals surface area contributed by atoms with Gasteiger partial charge in [-0.25, -0.2) is 0 Å². The van der Waals surface area contributed by atoms with Gasteiger partial charge in [-0.3, -0.25) is 4.79 Å². The lowest BCUT2D eigenvalue weighted by Gasteiger charge is -2.23. The van der Waals surface area contributed by atoms with Crippen molar-refractivity contribution < 1.29 is 19.0 Å². The summed E-state index contributed by atoms with van der Waals surface area (Å²) in [6, 6.07) is 12.6. The quantitative estimate of drug-likeness (QED) is 0.668. The zero-order chi connectivity index (χ0) is 19.8. The Morgan fingerprint density at radius 2 is 1.70 bits per heavy atom. The van der Waals surface area contributed by atoms with Crippen molar-refractivity contribution in [1.29, 1.82) is 0 Å². The maximum Gasteiger partial charge on any atom is 0.261 e. The van der Waals surface area contributed by atoms with E-state index in [-0.39, 0.29) is 11.9 Å². The minimum atomic E-state index is -0.626. The largest absolute Gasteiger partial charge is 0.493 e. The summed E-state index contributed by atoms with van der Waals surface area (Å²) in [5, 5.41) is 3.54. The average molecular weight is 392 g/mol. The van der Waals surface area contributed by atoms with E-state index in [0.717, 1.165) is 12.0 Å². The van der Waals surface area contributed by atoms with Crippen molar-refractivity contribution in [2.24, 2.45) is 0 Å². The molecular weight excluding hydrogens is 366 g/mol. The number of hydrogen-bond donors (Lipinski definition) is 1. The van der Waals surface area contributed by atoms with Gasteiger partial charge in [0.2, 0.25) is 0 Å². The molecule has 2 atom stereocenters. The van der Waals surface area contributed by atoms with Crippen molar-refractivity contribution in [3.8, 4) is 17.2 Å². The highest BCUT2D eigenvalue weighted by molar-refractivity contribution is 6.32. The molecule has 0 aliphatic heterocycles. The van der Waals surface area contributed by atoms with Crippen LogP contribution >= 0.6 is 11.6 Å². The first-order chi connectivity index (χ1) is 13.0. The summed E-state index contributed by atoms with van der Waals surface area (Å²) in [6.45, 7) is 3.91. The Morgan fingerprint density at radius 1 is 1.00 bits per heavy atom. The molecule has 0 aliphatic carbocycles. The predicted molar refractivity (Wildman–Crippen MR) is 107 cm³/mol. The molecule has 0 aliphatic rings. The molecule has 0 aromatic heterocycles. The van der Waals surface area contributed by atoms with Crippen molar-refractivity contribution in [1.82, 2.24) is 5.32 Å². The van der Waals surface area contributed by atoms with Crippen LogP contribution in [0.2, 0.25) is 5.02 Å². The number of ether oxygens (including phenoxy) is 3. The van der Waals surface area contributed by atoms with Gasteiger partial charge >= 0.3 is 0 Å². The summed E-state index contributed by atoms with van der Waals surface area (Å²) in [4.78, 5) is 12.8. The number of carbonyl (C=O) groups excluding carboxylic acids is 1. The smallest absolute Gasteiger partial charge is 0.261 e. The Labute approximate surface area is 165 Å². The zero-order valence-corrected chi connectivity index (χ0v) is 16.9. The highest BCUT2D eigenvalue weighted by Gasteiger charge is 2.23. The van der Waals surface area contributed by atoms with Crippen LogP contribution in [0.1, 0.15) is 38.3 Å². The van der Waals surface area contributed by atoms with Gasteiger partial charge in [-0.2, -0.15) is 0 Å². The Morgan fingerprint density at radius 3 is 2.30 bits per heavy atom. The number of rotatable bonds is 9. The summed E-state index contributed by atoms with van der Waals surface area (Å²) in [5.74, 6) is 1.59. The molecule has 0 spiro atoms. The van der Waals surface area contributed by atoms with Crippen LogP contribution in [0.15, 0.2) is 42.5 Å². The van der Waals surface area contributed by atoms with E-state index < -0.39 is 6.10 Å². The molecule has 0 unspecified atom stereocenters. The topological polar surface area (TPSA) is 56.8 Å². The van der Waals surface area contributed by atoms with Crippen LogP contribution in [-0.4, -0.2) is 26.2 Å². The van der Waals surface area contributed by atoms with Gasteiger partial charge in [-0.1, -0.05) is 43.6 Å². The molecule has 1 N–H and O–H groups in total. The minimum Gasteiger partial charge on any atom is -0.493 e.